The van der Waals surface area contributed by atoms with E-state index in [0.29, 0.717) is 0 Å². The second-order valence-corrected chi connectivity index (χ2v) is 2.96. The van der Waals surface area contributed by atoms with Gasteiger partial charge in [0.05, 0.1) is 18.2 Å². The van der Waals surface area contributed by atoms with Crippen LogP contribution in [0.4, 0.5) is 0 Å². The van der Waals surface area contributed by atoms with Crippen molar-refractivity contribution >= 4 is 11.9 Å². The van der Waals surface area contributed by atoms with Gasteiger partial charge < -0.3 is 14.9 Å². The summed E-state index contributed by atoms with van der Waals surface area (Å²) in [7, 11) is 1.35. The van der Waals surface area contributed by atoms with Gasteiger partial charge in [0.15, 0.2) is 0 Å². The fraction of sp³-hybridized carbons (Fsp3) is 0.200. The third-order valence-corrected chi connectivity index (χ3v) is 2.08. The molecular weight excluding hydrogens is 200 g/mol. The molecule has 0 saturated heterocycles. The first-order valence-electron chi connectivity index (χ1n) is 4.12. The molecule has 0 amide bonds. The average molecular weight is 210 g/mol. The van der Waals surface area contributed by atoms with E-state index >= 15 is 0 Å². The minimum atomic E-state index is -1.17. The molecule has 2 N–H and O–H groups in total. The minimum absolute atomic E-state index is 0.0632. The Morgan fingerprint density at radius 1 is 1.13 bits per heavy atom. The van der Waals surface area contributed by atoms with E-state index in [-0.39, 0.29) is 22.4 Å². The molecule has 15 heavy (non-hydrogen) atoms. The predicted octanol–water partition coefficient (Wildman–Crippen LogP) is 1.40. The highest BCUT2D eigenvalue weighted by molar-refractivity contribution is 5.97. The van der Waals surface area contributed by atoms with Crippen LogP contribution in [0.2, 0.25) is 0 Å². The molecule has 0 aliphatic rings. The molecule has 1 aromatic carbocycles. The van der Waals surface area contributed by atoms with Gasteiger partial charge in [0.25, 0.3) is 0 Å². The summed E-state index contributed by atoms with van der Waals surface area (Å²) in [5.41, 5.74) is 0.0919. The van der Waals surface area contributed by atoms with Crippen LogP contribution in [-0.2, 0) is 0 Å². The summed E-state index contributed by atoms with van der Waals surface area (Å²) in [6.45, 7) is 1.45. The lowest BCUT2D eigenvalue weighted by molar-refractivity contribution is 0.0695. The van der Waals surface area contributed by atoms with Crippen LogP contribution >= 0.6 is 0 Å². The lowest BCUT2D eigenvalue weighted by Gasteiger charge is -2.08. The Balaban J connectivity index is 3.47. The van der Waals surface area contributed by atoms with Gasteiger partial charge in [-0.25, -0.2) is 9.59 Å². The Morgan fingerprint density at radius 2 is 1.53 bits per heavy atom. The van der Waals surface area contributed by atoms with Gasteiger partial charge in [-0.05, 0) is 24.6 Å². The highest BCUT2D eigenvalue weighted by atomic mass is 16.5. The molecule has 0 saturated carbocycles. The molecule has 0 spiro atoms. The first-order chi connectivity index (χ1) is 6.97. The SMILES string of the molecule is COc1cc(C(=O)O)c(C)c(C(=O)O)c1. The molecule has 0 unspecified atom stereocenters. The maximum Gasteiger partial charge on any atom is 0.336 e. The molecule has 0 atom stereocenters. The van der Waals surface area contributed by atoms with Crippen molar-refractivity contribution in [2.75, 3.05) is 7.11 Å². The predicted molar refractivity (Wildman–Crippen MR) is 51.6 cm³/mol. The number of benzene rings is 1. The Morgan fingerprint density at radius 3 is 1.80 bits per heavy atom. The Bertz CT molecular complexity index is 387. The zero-order valence-corrected chi connectivity index (χ0v) is 8.27. The third kappa shape index (κ3) is 2.07. The molecule has 0 aromatic heterocycles. The standard InChI is InChI=1S/C10H10O5/c1-5-7(9(11)12)3-6(15-2)4-8(5)10(13)14/h3-4H,1-2H3,(H,11,12)(H,13,14). The number of rotatable bonds is 3. The quantitative estimate of drug-likeness (QED) is 0.787. The Labute approximate surface area is 85.9 Å². The average Bonchev–Trinajstić information content (AvgIpc) is 2.17. The van der Waals surface area contributed by atoms with Gasteiger partial charge >= 0.3 is 11.9 Å². The van der Waals surface area contributed by atoms with Gasteiger partial charge in [-0.15, -0.1) is 0 Å². The summed E-state index contributed by atoms with van der Waals surface area (Å²) in [6, 6.07) is 2.59. The number of ether oxygens (including phenoxy) is 1. The molecule has 0 aliphatic carbocycles. The molecule has 0 bridgehead atoms. The molecule has 0 fully saturated rings. The van der Waals surface area contributed by atoms with Crippen molar-refractivity contribution in [1.82, 2.24) is 0 Å². The third-order valence-electron chi connectivity index (χ3n) is 2.08. The summed E-state index contributed by atoms with van der Waals surface area (Å²) in [5, 5.41) is 17.7. The van der Waals surface area contributed by atoms with Crippen LogP contribution in [0.1, 0.15) is 26.3 Å². The van der Waals surface area contributed by atoms with E-state index in [1.165, 1.54) is 26.2 Å². The van der Waals surface area contributed by atoms with Crippen molar-refractivity contribution < 1.29 is 24.5 Å². The van der Waals surface area contributed by atoms with Crippen molar-refractivity contribution in [1.29, 1.82) is 0 Å². The van der Waals surface area contributed by atoms with Crippen molar-refractivity contribution in [3.8, 4) is 5.75 Å². The van der Waals surface area contributed by atoms with E-state index in [2.05, 4.69) is 0 Å². The van der Waals surface area contributed by atoms with E-state index in [1.807, 2.05) is 0 Å². The van der Waals surface area contributed by atoms with E-state index < -0.39 is 11.9 Å². The monoisotopic (exact) mass is 210 g/mol. The highest BCUT2D eigenvalue weighted by Gasteiger charge is 2.17. The second kappa shape index (κ2) is 4.00. The Hall–Kier alpha value is -2.04. The summed E-state index contributed by atoms with van der Waals surface area (Å²) in [5.74, 6) is -2.13. The molecule has 0 heterocycles. The first kappa shape index (κ1) is 11.0. The van der Waals surface area contributed by atoms with Crippen molar-refractivity contribution in [3.05, 3.63) is 28.8 Å². The van der Waals surface area contributed by atoms with Gasteiger partial charge in [-0.3, -0.25) is 0 Å². The topological polar surface area (TPSA) is 83.8 Å². The van der Waals surface area contributed by atoms with Gasteiger partial charge in [-0.1, -0.05) is 0 Å². The molecule has 5 nitrogen and oxygen atoms in total. The molecule has 1 rings (SSSR count). The number of carboxylic acid groups (broad SMARTS) is 2. The number of hydrogen-bond donors (Lipinski definition) is 2. The largest absolute Gasteiger partial charge is 0.497 e. The van der Waals surface area contributed by atoms with Crippen molar-refractivity contribution in [2.24, 2.45) is 0 Å². The zero-order valence-electron chi connectivity index (χ0n) is 8.27. The molecule has 0 aliphatic heterocycles. The van der Waals surface area contributed by atoms with Gasteiger partial charge in [0.1, 0.15) is 5.75 Å². The zero-order chi connectivity index (χ0) is 11.6. The van der Waals surface area contributed by atoms with E-state index in [0.717, 1.165) is 0 Å². The van der Waals surface area contributed by atoms with Crippen molar-refractivity contribution in [3.63, 3.8) is 0 Å². The molecule has 1 aromatic rings. The summed E-state index contributed by atoms with van der Waals surface area (Å²) >= 11 is 0. The number of carboxylic acids is 2. The summed E-state index contributed by atoms with van der Waals surface area (Å²) in [4.78, 5) is 21.6. The molecule has 0 radical (unpaired) electrons. The minimum Gasteiger partial charge on any atom is -0.497 e. The highest BCUT2D eigenvalue weighted by Crippen LogP contribution is 2.22. The smallest absolute Gasteiger partial charge is 0.336 e. The van der Waals surface area contributed by atoms with Crippen molar-refractivity contribution in [2.45, 2.75) is 6.92 Å². The van der Waals surface area contributed by atoms with Crippen LogP contribution in [0.15, 0.2) is 12.1 Å². The number of carbonyl (C=O) groups is 2. The van der Waals surface area contributed by atoms with Gasteiger partial charge in [0, 0.05) is 0 Å². The maximum atomic E-state index is 10.8. The molecule has 80 valence electrons. The molecule has 5 heteroatoms. The fourth-order valence-electron chi connectivity index (χ4n) is 1.25. The molecular formula is C10H10O5. The number of aromatic carboxylic acids is 2. The summed E-state index contributed by atoms with van der Waals surface area (Å²) in [6.07, 6.45) is 0. The lowest BCUT2D eigenvalue weighted by Crippen LogP contribution is -2.07. The number of methoxy groups -OCH3 is 1. The number of hydrogen-bond acceptors (Lipinski definition) is 3. The van der Waals surface area contributed by atoms with Crippen LogP contribution in [0, 0.1) is 6.92 Å². The van der Waals surface area contributed by atoms with Gasteiger partial charge in [0.2, 0.25) is 0 Å². The van der Waals surface area contributed by atoms with Crippen LogP contribution < -0.4 is 4.74 Å². The van der Waals surface area contributed by atoms with E-state index in [1.54, 1.807) is 0 Å². The second-order valence-electron chi connectivity index (χ2n) is 2.96. The fourth-order valence-corrected chi connectivity index (χ4v) is 1.25. The van der Waals surface area contributed by atoms with E-state index in [4.69, 9.17) is 14.9 Å². The van der Waals surface area contributed by atoms with Crippen LogP contribution in [0.5, 0.6) is 5.75 Å². The van der Waals surface area contributed by atoms with Crippen LogP contribution in [0.3, 0.4) is 0 Å². The first-order valence-corrected chi connectivity index (χ1v) is 4.12. The lowest BCUT2D eigenvalue weighted by atomic mass is 10.0. The Kier molecular flexibility index (Phi) is 2.94. The normalized spacial score (nSPS) is 9.73. The van der Waals surface area contributed by atoms with Gasteiger partial charge in [-0.2, -0.15) is 0 Å². The van der Waals surface area contributed by atoms with Crippen LogP contribution in [-0.4, -0.2) is 29.3 Å². The van der Waals surface area contributed by atoms with Crippen LogP contribution in [0.25, 0.3) is 0 Å². The summed E-state index contributed by atoms with van der Waals surface area (Å²) < 4.78 is 4.82. The maximum absolute atomic E-state index is 10.8. The van der Waals surface area contributed by atoms with E-state index in [9.17, 15) is 9.59 Å².